The third kappa shape index (κ3) is 5.11. The van der Waals surface area contributed by atoms with Gasteiger partial charge in [0.15, 0.2) is 0 Å². The molecule has 3 rings (SSSR count). The van der Waals surface area contributed by atoms with Gasteiger partial charge in [-0.2, -0.15) is 0 Å². The molecule has 0 radical (unpaired) electrons. The zero-order valence-electron chi connectivity index (χ0n) is 14.4. The molecule has 4 nitrogen and oxygen atoms in total. The number of aryl methyl sites for hydroxylation is 1. The second kappa shape index (κ2) is 9.09. The highest BCUT2D eigenvalue weighted by atomic mass is 35.5. The van der Waals surface area contributed by atoms with Gasteiger partial charge in [-0.3, -0.25) is 0 Å². The van der Waals surface area contributed by atoms with E-state index in [1.54, 1.807) is 13.2 Å². The molecule has 25 heavy (non-hydrogen) atoms. The van der Waals surface area contributed by atoms with Gasteiger partial charge < -0.3 is 20.3 Å². The number of aromatic hydroxyl groups is 1. The van der Waals surface area contributed by atoms with Crippen LogP contribution in [0.3, 0.4) is 0 Å². The number of aliphatic hydroxyl groups excluding tert-OH is 1. The van der Waals surface area contributed by atoms with Gasteiger partial charge in [-0.05, 0) is 72.7 Å². The molecule has 0 aliphatic heterocycles. The van der Waals surface area contributed by atoms with Gasteiger partial charge in [0.2, 0.25) is 0 Å². The zero-order valence-corrected chi connectivity index (χ0v) is 15.3. The lowest BCUT2D eigenvalue weighted by Crippen LogP contribution is -2.30. The fourth-order valence-corrected chi connectivity index (χ4v) is 3.38. The molecule has 0 spiro atoms. The van der Waals surface area contributed by atoms with Crippen molar-refractivity contribution in [3.05, 3.63) is 59.2 Å². The van der Waals surface area contributed by atoms with Crippen molar-refractivity contribution in [2.75, 3.05) is 20.2 Å². The molecular formula is C20H26ClNO3. The van der Waals surface area contributed by atoms with Crippen LogP contribution in [0.15, 0.2) is 42.5 Å². The van der Waals surface area contributed by atoms with Gasteiger partial charge in [0, 0.05) is 6.54 Å². The molecule has 0 bridgehead atoms. The monoisotopic (exact) mass is 363 g/mol. The van der Waals surface area contributed by atoms with Crippen LogP contribution in [0.4, 0.5) is 0 Å². The Morgan fingerprint density at radius 2 is 2.04 bits per heavy atom. The highest BCUT2D eigenvalue weighted by Crippen LogP contribution is 2.28. The molecule has 2 atom stereocenters. The number of aliphatic hydroxyl groups is 1. The highest BCUT2D eigenvalue weighted by molar-refractivity contribution is 5.85. The van der Waals surface area contributed by atoms with Crippen LogP contribution in [0.25, 0.3) is 0 Å². The standard InChI is InChI=1S/C20H25NO3.ClH/c1-24-19-4-2-3-17(11-19)20(23)13-21-12-14-5-6-16-10-18(22)8-7-15(16)9-14;/h2-4,7-8,10-11,14,20-23H,5-6,9,12-13H2,1H3;1H. The first-order chi connectivity index (χ1) is 11.7. The number of fused-ring (bicyclic) bond motifs is 1. The molecule has 0 saturated carbocycles. The molecule has 1 aliphatic carbocycles. The molecule has 1 aliphatic rings. The van der Waals surface area contributed by atoms with E-state index in [1.807, 2.05) is 36.4 Å². The Bertz CT molecular complexity index is 692. The van der Waals surface area contributed by atoms with Gasteiger partial charge in [-0.15, -0.1) is 12.4 Å². The van der Waals surface area contributed by atoms with Crippen molar-refractivity contribution in [3.8, 4) is 11.5 Å². The van der Waals surface area contributed by atoms with Gasteiger partial charge in [0.05, 0.1) is 13.2 Å². The first kappa shape index (κ1) is 19.6. The number of hydrogen-bond donors (Lipinski definition) is 3. The second-order valence-corrected chi connectivity index (χ2v) is 6.51. The predicted molar refractivity (Wildman–Crippen MR) is 102 cm³/mol. The van der Waals surface area contributed by atoms with Crippen LogP contribution in [-0.2, 0) is 12.8 Å². The van der Waals surface area contributed by atoms with Crippen molar-refractivity contribution in [2.45, 2.75) is 25.4 Å². The Kier molecular flexibility index (Phi) is 7.12. The molecule has 0 fully saturated rings. The summed E-state index contributed by atoms with van der Waals surface area (Å²) < 4.78 is 5.20. The number of hydrogen-bond acceptors (Lipinski definition) is 4. The summed E-state index contributed by atoms with van der Waals surface area (Å²) in [4.78, 5) is 0. The normalized spacial score (nSPS) is 17.3. The van der Waals surface area contributed by atoms with E-state index in [-0.39, 0.29) is 12.4 Å². The molecule has 136 valence electrons. The minimum atomic E-state index is -0.534. The van der Waals surface area contributed by atoms with Crippen molar-refractivity contribution in [1.29, 1.82) is 0 Å². The zero-order chi connectivity index (χ0) is 16.9. The Morgan fingerprint density at radius 3 is 2.84 bits per heavy atom. The summed E-state index contributed by atoms with van der Waals surface area (Å²) in [6.45, 7) is 1.42. The third-order valence-corrected chi connectivity index (χ3v) is 4.77. The maximum Gasteiger partial charge on any atom is 0.119 e. The fourth-order valence-electron chi connectivity index (χ4n) is 3.38. The van der Waals surface area contributed by atoms with Crippen LogP contribution in [0.1, 0.15) is 29.2 Å². The largest absolute Gasteiger partial charge is 0.508 e. The maximum absolute atomic E-state index is 10.3. The van der Waals surface area contributed by atoms with Crippen molar-refractivity contribution in [3.63, 3.8) is 0 Å². The number of phenols is 1. The SMILES string of the molecule is COc1cccc(C(O)CNCC2CCc3cc(O)ccc3C2)c1.Cl. The van der Waals surface area contributed by atoms with Crippen LogP contribution < -0.4 is 10.1 Å². The van der Waals surface area contributed by atoms with E-state index in [0.717, 1.165) is 37.1 Å². The molecule has 0 saturated heterocycles. The summed E-state index contributed by atoms with van der Waals surface area (Å²) in [6.07, 6.45) is 2.61. The Morgan fingerprint density at radius 1 is 1.20 bits per heavy atom. The second-order valence-electron chi connectivity index (χ2n) is 6.51. The molecule has 0 aromatic heterocycles. The number of benzene rings is 2. The average molecular weight is 364 g/mol. The summed E-state index contributed by atoms with van der Waals surface area (Å²) in [6, 6.07) is 13.2. The van der Waals surface area contributed by atoms with E-state index >= 15 is 0 Å². The summed E-state index contributed by atoms with van der Waals surface area (Å²) in [5.74, 6) is 1.69. The number of rotatable bonds is 6. The number of halogens is 1. The molecule has 2 unspecified atom stereocenters. The lowest BCUT2D eigenvalue weighted by Gasteiger charge is -2.25. The third-order valence-electron chi connectivity index (χ3n) is 4.77. The lowest BCUT2D eigenvalue weighted by atomic mass is 9.84. The van der Waals surface area contributed by atoms with E-state index in [9.17, 15) is 10.2 Å². The summed E-state index contributed by atoms with van der Waals surface area (Å²) >= 11 is 0. The molecule has 3 N–H and O–H groups in total. The van der Waals surface area contributed by atoms with E-state index in [2.05, 4.69) is 5.32 Å². The molecule has 0 amide bonds. The van der Waals surface area contributed by atoms with Gasteiger partial charge >= 0.3 is 0 Å². The topological polar surface area (TPSA) is 61.7 Å². The molecular weight excluding hydrogens is 338 g/mol. The van der Waals surface area contributed by atoms with Crippen LogP contribution in [0.5, 0.6) is 11.5 Å². The molecule has 5 heteroatoms. The Balaban J connectivity index is 0.00000225. The minimum absolute atomic E-state index is 0. The smallest absolute Gasteiger partial charge is 0.119 e. The van der Waals surface area contributed by atoms with E-state index in [0.29, 0.717) is 18.2 Å². The average Bonchev–Trinajstić information content (AvgIpc) is 2.61. The van der Waals surface area contributed by atoms with Crippen LogP contribution in [-0.4, -0.2) is 30.4 Å². The molecule has 0 heterocycles. The van der Waals surface area contributed by atoms with E-state index < -0.39 is 6.10 Å². The van der Waals surface area contributed by atoms with Crippen molar-refractivity contribution in [1.82, 2.24) is 5.32 Å². The highest BCUT2D eigenvalue weighted by Gasteiger charge is 2.19. The first-order valence-corrected chi connectivity index (χ1v) is 8.49. The maximum atomic E-state index is 10.3. The fraction of sp³-hybridized carbons (Fsp3) is 0.400. The van der Waals surface area contributed by atoms with Crippen molar-refractivity contribution >= 4 is 12.4 Å². The van der Waals surface area contributed by atoms with Crippen LogP contribution in [0, 0.1) is 5.92 Å². The first-order valence-electron chi connectivity index (χ1n) is 8.49. The van der Waals surface area contributed by atoms with Gasteiger partial charge in [0.25, 0.3) is 0 Å². The van der Waals surface area contributed by atoms with Gasteiger partial charge in [-0.25, -0.2) is 0 Å². The summed E-state index contributed by atoms with van der Waals surface area (Å²) in [5.41, 5.74) is 3.47. The lowest BCUT2D eigenvalue weighted by molar-refractivity contribution is 0.171. The van der Waals surface area contributed by atoms with E-state index in [4.69, 9.17) is 4.74 Å². The number of nitrogens with one attached hydrogen (secondary N) is 1. The van der Waals surface area contributed by atoms with Crippen molar-refractivity contribution < 1.29 is 14.9 Å². The Hall–Kier alpha value is -1.75. The number of phenolic OH excluding ortho intramolecular Hbond substituents is 1. The number of ether oxygens (including phenoxy) is 1. The van der Waals surface area contributed by atoms with Gasteiger partial charge in [-0.1, -0.05) is 18.2 Å². The van der Waals surface area contributed by atoms with Crippen molar-refractivity contribution in [2.24, 2.45) is 5.92 Å². The molecule has 2 aromatic carbocycles. The van der Waals surface area contributed by atoms with Gasteiger partial charge in [0.1, 0.15) is 11.5 Å². The Labute approximate surface area is 155 Å². The van der Waals surface area contributed by atoms with E-state index in [1.165, 1.54) is 11.1 Å². The minimum Gasteiger partial charge on any atom is -0.508 e. The predicted octanol–water partition coefficient (Wildman–Crippen LogP) is 3.25. The summed E-state index contributed by atoms with van der Waals surface area (Å²) in [7, 11) is 1.63. The van der Waals surface area contributed by atoms with Crippen LogP contribution >= 0.6 is 12.4 Å². The molecule has 2 aromatic rings. The summed E-state index contributed by atoms with van der Waals surface area (Å²) in [5, 5.41) is 23.3. The van der Waals surface area contributed by atoms with Crippen LogP contribution in [0.2, 0.25) is 0 Å². The quantitative estimate of drug-likeness (QED) is 0.737. The number of methoxy groups -OCH3 is 1.